The van der Waals surface area contributed by atoms with Crippen molar-refractivity contribution in [2.24, 2.45) is 5.92 Å². The lowest BCUT2D eigenvalue weighted by Gasteiger charge is -2.12. The van der Waals surface area contributed by atoms with E-state index in [4.69, 9.17) is 5.73 Å². The Morgan fingerprint density at radius 2 is 2.00 bits per heavy atom. The summed E-state index contributed by atoms with van der Waals surface area (Å²) in [7, 11) is 0. The van der Waals surface area contributed by atoms with Gasteiger partial charge in [-0.2, -0.15) is 0 Å². The maximum atomic E-state index is 12.0. The quantitative estimate of drug-likeness (QED) is 0.617. The number of hydrogen-bond donors (Lipinski definition) is 4. The van der Waals surface area contributed by atoms with Gasteiger partial charge in [-0.15, -0.1) is 12.4 Å². The number of hydrogen-bond acceptors (Lipinski definition) is 4. The van der Waals surface area contributed by atoms with Crippen LogP contribution in [-0.4, -0.2) is 24.5 Å². The smallest absolute Gasteiger partial charge is 0.238 e. The lowest BCUT2D eigenvalue weighted by Crippen LogP contribution is -2.44. The van der Waals surface area contributed by atoms with Crippen LogP contribution in [0.3, 0.4) is 0 Å². The van der Waals surface area contributed by atoms with Crippen LogP contribution >= 0.6 is 12.4 Å². The molecule has 0 aliphatic carbocycles. The van der Waals surface area contributed by atoms with Crippen LogP contribution < -0.4 is 21.9 Å². The number of amides is 1. The zero-order valence-electron chi connectivity index (χ0n) is 12.6. The number of nitrogen functional groups attached to an aromatic ring is 1. The fourth-order valence-electron chi connectivity index (χ4n) is 2.33. The van der Waals surface area contributed by atoms with Crippen molar-refractivity contribution in [1.82, 2.24) is 16.2 Å². The minimum atomic E-state index is -0.131. The fourth-order valence-corrected chi connectivity index (χ4v) is 2.33. The van der Waals surface area contributed by atoms with E-state index in [-0.39, 0.29) is 24.4 Å². The van der Waals surface area contributed by atoms with Gasteiger partial charge >= 0.3 is 0 Å². The van der Waals surface area contributed by atoms with E-state index in [1.165, 1.54) is 5.56 Å². The van der Waals surface area contributed by atoms with Crippen LogP contribution in [0.1, 0.15) is 25.8 Å². The molecule has 0 aromatic heterocycles. The van der Waals surface area contributed by atoms with Gasteiger partial charge in [0, 0.05) is 18.3 Å². The summed E-state index contributed by atoms with van der Waals surface area (Å²) in [5.41, 5.74) is 13.8. The summed E-state index contributed by atoms with van der Waals surface area (Å²) in [5.74, 6) is 0.589. The molecule has 2 unspecified atom stereocenters. The first kappa shape index (κ1) is 17.8. The van der Waals surface area contributed by atoms with Crippen molar-refractivity contribution in [3.05, 3.63) is 29.8 Å². The second-order valence-corrected chi connectivity index (χ2v) is 5.71. The normalized spacial score (nSPS) is 21.1. The summed E-state index contributed by atoms with van der Waals surface area (Å²) in [6.07, 6.45) is 1.66. The Morgan fingerprint density at radius 1 is 1.33 bits per heavy atom. The summed E-state index contributed by atoms with van der Waals surface area (Å²) in [4.78, 5) is 12.0. The number of hydrazine groups is 1. The molecule has 1 heterocycles. The molecular formula is C15H25ClN4O. The van der Waals surface area contributed by atoms with Gasteiger partial charge in [0.05, 0.1) is 0 Å². The molecular weight excluding hydrogens is 288 g/mol. The van der Waals surface area contributed by atoms with E-state index in [9.17, 15) is 4.79 Å². The summed E-state index contributed by atoms with van der Waals surface area (Å²) in [6, 6.07) is 7.98. The second-order valence-electron chi connectivity index (χ2n) is 5.71. The van der Waals surface area contributed by atoms with Crippen LogP contribution in [0.4, 0.5) is 5.69 Å². The molecule has 6 heteroatoms. The van der Waals surface area contributed by atoms with Gasteiger partial charge in [0.2, 0.25) is 5.91 Å². The van der Waals surface area contributed by atoms with Crippen LogP contribution in [0.5, 0.6) is 0 Å². The lowest BCUT2D eigenvalue weighted by atomic mass is 9.99. The third kappa shape index (κ3) is 5.19. The highest BCUT2D eigenvalue weighted by Gasteiger charge is 2.30. The third-order valence-electron chi connectivity index (χ3n) is 3.75. The molecule has 0 bridgehead atoms. The van der Waals surface area contributed by atoms with E-state index in [1.807, 2.05) is 24.3 Å². The third-order valence-corrected chi connectivity index (χ3v) is 3.75. The molecule has 1 aromatic carbocycles. The van der Waals surface area contributed by atoms with Crippen LogP contribution in [0, 0.1) is 5.92 Å². The van der Waals surface area contributed by atoms with Crippen LogP contribution in [0.2, 0.25) is 0 Å². The second kappa shape index (κ2) is 8.22. The van der Waals surface area contributed by atoms with E-state index in [1.54, 1.807) is 0 Å². The largest absolute Gasteiger partial charge is 0.399 e. The molecule has 118 valence electrons. The van der Waals surface area contributed by atoms with Gasteiger partial charge < -0.3 is 11.1 Å². The minimum Gasteiger partial charge on any atom is -0.399 e. The molecule has 0 saturated carbocycles. The van der Waals surface area contributed by atoms with Gasteiger partial charge in [-0.05, 0) is 36.5 Å². The van der Waals surface area contributed by atoms with Crippen molar-refractivity contribution >= 4 is 24.0 Å². The highest BCUT2D eigenvalue weighted by atomic mass is 35.5. The Bertz CT molecular complexity index is 449. The van der Waals surface area contributed by atoms with Crippen LogP contribution in [0.15, 0.2) is 24.3 Å². The monoisotopic (exact) mass is 312 g/mol. The molecule has 2 rings (SSSR count). The fraction of sp³-hybridized carbons (Fsp3) is 0.533. The molecule has 1 saturated heterocycles. The molecule has 1 amide bonds. The highest BCUT2D eigenvalue weighted by Crippen LogP contribution is 2.13. The van der Waals surface area contributed by atoms with E-state index >= 15 is 0 Å². The number of carbonyl (C=O) groups excluding carboxylic acids is 1. The summed E-state index contributed by atoms with van der Waals surface area (Å²) in [5, 5.41) is 2.97. The van der Waals surface area contributed by atoms with Gasteiger partial charge in [-0.3, -0.25) is 10.2 Å². The Balaban J connectivity index is 0.00000220. The van der Waals surface area contributed by atoms with Gasteiger partial charge in [0.15, 0.2) is 0 Å². The standard InChI is InChI=1S/C15H24N4O.ClH/c1-10(2)13-9-14(19-18-13)15(20)17-8-7-11-3-5-12(16)6-4-11;/h3-6,10,13-14,18-19H,7-9,16H2,1-2H3,(H,17,20);1H. The number of rotatable bonds is 5. The average molecular weight is 313 g/mol. The number of nitrogens with two attached hydrogens (primary N) is 1. The molecule has 1 aromatic rings. The van der Waals surface area contributed by atoms with E-state index in [2.05, 4.69) is 30.0 Å². The molecule has 0 radical (unpaired) electrons. The van der Waals surface area contributed by atoms with Gasteiger partial charge in [0.1, 0.15) is 6.04 Å². The lowest BCUT2D eigenvalue weighted by molar-refractivity contribution is -0.122. The zero-order chi connectivity index (χ0) is 14.5. The average Bonchev–Trinajstić information content (AvgIpc) is 2.91. The van der Waals surface area contributed by atoms with Gasteiger partial charge in [-0.1, -0.05) is 26.0 Å². The number of carbonyl (C=O) groups is 1. The van der Waals surface area contributed by atoms with Gasteiger partial charge in [-0.25, -0.2) is 5.43 Å². The van der Waals surface area contributed by atoms with Crippen molar-refractivity contribution in [1.29, 1.82) is 0 Å². The van der Waals surface area contributed by atoms with E-state index in [0.29, 0.717) is 18.5 Å². The Morgan fingerprint density at radius 3 is 2.57 bits per heavy atom. The summed E-state index contributed by atoms with van der Waals surface area (Å²) < 4.78 is 0. The number of halogens is 1. The van der Waals surface area contributed by atoms with Crippen molar-refractivity contribution in [2.45, 2.75) is 38.8 Å². The Hall–Kier alpha value is -1.30. The predicted molar refractivity (Wildman–Crippen MR) is 88.1 cm³/mol. The summed E-state index contributed by atoms with van der Waals surface area (Å²) >= 11 is 0. The first-order valence-electron chi connectivity index (χ1n) is 7.19. The number of benzene rings is 1. The minimum absolute atomic E-state index is 0. The molecule has 5 N–H and O–H groups in total. The summed E-state index contributed by atoms with van der Waals surface area (Å²) in [6.45, 7) is 4.95. The van der Waals surface area contributed by atoms with Gasteiger partial charge in [0.25, 0.3) is 0 Å². The predicted octanol–water partition coefficient (Wildman–Crippen LogP) is 1.24. The maximum Gasteiger partial charge on any atom is 0.238 e. The van der Waals surface area contributed by atoms with Crippen molar-refractivity contribution < 1.29 is 4.79 Å². The topological polar surface area (TPSA) is 79.2 Å². The van der Waals surface area contributed by atoms with Crippen molar-refractivity contribution in [3.63, 3.8) is 0 Å². The van der Waals surface area contributed by atoms with Crippen LogP contribution in [-0.2, 0) is 11.2 Å². The molecule has 1 aliphatic heterocycles. The van der Waals surface area contributed by atoms with Crippen molar-refractivity contribution in [3.8, 4) is 0 Å². The first-order chi connectivity index (χ1) is 9.56. The highest BCUT2D eigenvalue weighted by molar-refractivity contribution is 5.85. The zero-order valence-corrected chi connectivity index (χ0v) is 13.4. The number of nitrogens with one attached hydrogen (secondary N) is 3. The maximum absolute atomic E-state index is 12.0. The van der Waals surface area contributed by atoms with Crippen molar-refractivity contribution in [2.75, 3.05) is 12.3 Å². The molecule has 0 spiro atoms. The molecule has 2 atom stereocenters. The molecule has 21 heavy (non-hydrogen) atoms. The first-order valence-corrected chi connectivity index (χ1v) is 7.19. The Labute approximate surface area is 132 Å². The van der Waals surface area contributed by atoms with Crippen LogP contribution in [0.25, 0.3) is 0 Å². The molecule has 1 aliphatic rings. The molecule has 5 nitrogen and oxygen atoms in total. The molecule has 1 fully saturated rings. The number of anilines is 1. The SMILES string of the molecule is CC(C)C1CC(C(=O)NCCc2ccc(N)cc2)NN1.Cl. The van der Waals surface area contributed by atoms with E-state index < -0.39 is 0 Å². The van der Waals surface area contributed by atoms with E-state index in [0.717, 1.165) is 18.5 Å². The Kier molecular flexibility index (Phi) is 6.95.